The summed E-state index contributed by atoms with van der Waals surface area (Å²) in [5.74, 6) is 0. The first kappa shape index (κ1) is 22.3. The highest BCUT2D eigenvalue weighted by Crippen LogP contribution is 2.42. The molecule has 0 aliphatic carbocycles. The fourth-order valence-corrected chi connectivity index (χ4v) is 5.48. The molecule has 4 heterocycles. The molecule has 1 saturated heterocycles. The first-order valence-electron chi connectivity index (χ1n) is 11.6. The summed E-state index contributed by atoms with van der Waals surface area (Å²) in [7, 11) is 0. The molecule has 1 aromatic carbocycles. The van der Waals surface area contributed by atoms with E-state index in [1.807, 2.05) is 42.7 Å². The molecule has 5 nitrogen and oxygen atoms in total. The maximum absolute atomic E-state index is 5.86. The predicted molar refractivity (Wildman–Crippen MR) is 140 cm³/mol. The Kier molecular flexibility index (Phi) is 5.92. The van der Waals surface area contributed by atoms with Crippen molar-refractivity contribution in [3.63, 3.8) is 0 Å². The van der Waals surface area contributed by atoms with Gasteiger partial charge < -0.3 is 14.8 Å². The zero-order valence-electron chi connectivity index (χ0n) is 20.0. The van der Waals surface area contributed by atoms with E-state index in [0.717, 1.165) is 16.5 Å². The molecule has 0 unspecified atom stereocenters. The van der Waals surface area contributed by atoms with Crippen molar-refractivity contribution in [2.75, 3.05) is 0 Å². The van der Waals surface area contributed by atoms with Crippen LogP contribution in [0, 0.1) is 27.7 Å². The van der Waals surface area contributed by atoms with Crippen LogP contribution >= 0.6 is 12.2 Å². The van der Waals surface area contributed by atoms with Crippen molar-refractivity contribution in [1.82, 2.24) is 24.8 Å². The van der Waals surface area contributed by atoms with Gasteiger partial charge in [-0.25, -0.2) is 0 Å². The molecule has 34 heavy (non-hydrogen) atoms. The Bertz CT molecular complexity index is 1310. The highest BCUT2D eigenvalue weighted by molar-refractivity contribution is 7.80. The van der Waals surface area contributed by atoms with E-state index in [1.165, 1.54) is 33.8 Å². The topological polar surface area (TPSA) is 46.0 Å². The molecule has 1 N–H and O–H groups in total. The average molecular weight is 468 g/mol. The second-order valence-electron chi connectivity index (χ2n) is 8.98. The number of hydrogen-bond donors (Lipinski definition) is 1. The molecule has 0 spiro atoms. The number of nitrogens with one attached hydrogen (secondary N) is 1. The standard InChI is InChI=1S/C28H29N5S/c1-18-10-9-11-19(2)26(18)33-20(3)16-23(21(33)4)27-25(24-13-6-8-15-30-24)31-28(34)32(27)17-22-12-5-7-14-29-22/h5-16,25,27H,17H2,1-4H3,(H,31,34)/t25-,27+/m1/s1. The Morgan fingerprint density at radius 1 is 0.882 bits per heavy atom. The number of benzene rings is 1. The third-order valence-electron chi connectivity index (χ3n) is 6.71. The fourth-order valence-electron chi connectivity index (χ4n) is 5.17. The van der Waals surface area contributed by atoms with E-state index in [-0.39, 0.29) is 12.1 Å². The normalized spacial score (nSPS) is 17.8. The summed E-state index contributed by atoms with van der Waals surface area (Å²) < 4.78 is 2.38. The molecule has 0 radical (unpaired) electrons. The monoisotopic (exact) mass is 467 g/mol. The lowest BCUT2D eigenvalue weighted by Crippen LogP contribution is -2.29. The number of nitrogens with zero attached hydrogens (tertiary/aromatic N) is 4. The van der Waals surface area contributed by atoms with Gasteiger partial charge in [0.05, 0.1) is 35.7 Å². The maximum atomic E-state index is 5.86. The van der Waals surface area contributed by atoms with E-state index in [4.69, 9.17) is 12.2 Å². The molecule has 2 atom stereocenters. The Balaban J connectivity index is 1.65. The second-order valence-corrected chi connectivity index (χ2v) is 9.36. The number of hydrogen-bond acceptors (Lipinski definition) is 3. The minimum absolute atomic E-state index is 0.00585. The second kappa shape index (κ2) is 9.03. The quantitative estimate of drug-likeness (QED) is 0.383. The van der Waals surface area contributed by atoms with Crippen molar-refractivity contribution in [3.8, 4) is 5.69 Å². The summed E-state index contributed by atoms with van der Waals surface area (Å²) >= 11 is 5.86. The molecule has 5 rings (SSSR count). The molecular formula is C28H29N5S. The minimum Gasteiger partial charge on any atom is -0.352 e. The third-order valence-corrected chi connectivity index (χ3v) is 7.06. The van der Waals surface area contributed by atoms with Gasteiger partial charge in [-0.15, -0.1) is 0 Å². The summed E-state index contributed by atoms with van der Waals surface area (Å²) in [6.07, 6.45) is 3.68. The molecule has 172 valence electrons. The Morgan fingerprint density at radius 2 is 1.59 bits per heavy atom. The van der Waals surface area contributed by atoms with Crippen LogP contribution in [0.25, 0.3) is 5.69 Å². The number of rotatable bonds is 5. The smallest absolute Gasteiger partial charge is 0.170 e. The van der Waals surface area contributed by atoms with Crippen LogP contribution in [0.4, 0.5) is 0 Å². The van der Waals surface area contributed by atoms with Crippen LogP contribution < -0.4 is 5.32 Å². The summed E-state index contributed by atoms with van der Waals surface area (Å²) in [4.78, 5) is 11.5. The van der Waals surface area contributed by atoms with Gasteiger partial charge in [0.1, 0.15) is 0 Å². The lowest BCUT2D eigenvalue weighted by atomic mass is 9.96. The zero-order chi connectivity index (χ0) is 23.8. The molecule has 4 aromatic rings. The van der Waals surface area contributed by atoms with Gasteiger partial charge in [0.25, 0.3) is 0 Å². The van der Waals surface area contributed by atoms with E-state index in [0.29, 0.717) is 6.54 Å². The van der Waals surface area contributed by atoms with Gasteiger partial charge in [0.2, 0.25) is 0 Å². The molecular weight excluding hydrogens is 438 g/mol. The Morgan fingerprint density at radius 3 is 2.24 bits per heavy atom. The summed E-state index contributed by atoms with van der Waals surface area (Å²) in [6, 6.07) is 20.8. The van der Waals surface area contributed by atoms with Crippen molar-refractivity contribution < 1.29 is 0 Å². The summed E-state index contributed by atoms with van der Waals surface area (Å²) in [5.41, 5.74) is 9.43. The molecule has 0 amide bonds. The molecule has 0 bridgehead atoms. The van der Waals surface area contributed by atoms with Crippen molar-refractivity contribution in [2.45, 2.75) is 46.3 Å². The Labute approximate surface area is 206 Å². The number of aromatic nitrogens is 3. The van der Waals surface area contributed by atoms with E-state index in [9.17, 15) is 0 Å². The van der Waals surface area contributed by atoms with Gasteiger partial charge in [0.15, 0.2) is 5.11 Å². The largest absolute Gasteiger partial charge is 0.352 e. The van der Waals surface area contributed by atoms with Crippen molar-refractivity contribution in [1.29, 1.82) is 0 Å². The Hall–Kier alpha value is -3.51. The van der Waals surface area contributed by atoms with E-state index in [2.05, 4.69) is 82.8 Å². The van der Waals surface area contributed by atoms with Gasteiger partial charge in [-0.05, 0) is 86.9 Å². The molecule has 1 aliphatic heterocycles. The van der Waals surface area contributed by atoms with Crippen LogP contribution in [0.5, 0.6) is 0 Å². The van der Waals surface area contributed by atoms with Gasteiger partial charge in [-0.2, -0.15) is 0 Å². The summed E-state index contributed by atoms with van der Waals surface area (Å²) in [6.45, 7) is 9.38. The van der Waals surface area contributed by atoms with E-state index < -0.39 is 0 Å². The average Bonchev–Trinajstić information content (AvgIpc) is 3.31. The lowest BCUT2D eigenvalue weighted by Gasteiger charge is -2.28. The first-order valence-corrected chi connectivity index (χ1v) is 12.0. The van der Waals surface area contributed by atoms with Crippen molar-refractivity contribution in [2.24, 2.45) is 0 Å². The van der Waals surface area contributed by atoms with Gasteiger partial charge in [0, 0.05) is 23.8 Å². The predicted octanol–water partition coefficient (Wildman–Crippen LogP) is 5.67. The van der Waals surface area contributed by atoms with Crippen LogP contribution in [0.15, 0.2) is 73.1 Å². The molecule has 3 aromatic heterocycles. The molecule has 1 fully saturated rings. The van der Waals surface area contributed by atoms with E-state index >= 15 is 0 Å². The zero-order valence-corrected chi connectivity index (χ0v) is 20.8. The summed E-state index contributed by atoms with van der Waals surface area (Å²) in [5, 5.41) is 4.29. The van der Waals surface area contributed by atoms with Gasteiger partial charge in [-0.1, -0.05) is 30.3 Å². The highest BCUT2D eigenvalue weighted by atomic mass is 32.1. The third kappa shape index (κ3) is 3.88. The molecule has 1 aliphatic rings. The number of thiocarbonyl (C=S) groups is 1. The van der Waals surface area contributed by atoms with Crippen LogP contribution in [0.3, 0.4) is 0 Å². The van der Waals surface area contributed by atoms with Crippen LogP contribution in [0.2, 0.25) is 0 Å². The van der Waals surface area contributed by atoms with Gasteiger partial charge in [-0.3, -0.25) is 9.97 Å². The number of aryl methyl sites for hydroxylation is 3. The SMILES string of the molecule is Cc1cccc(C)c1-n1c(C)cc([C@H]2[C@@H](c3ccccn3)NC(=S)N2Cc2ccccn2)c1C. The van der Waals surface area contributed by atoms with Crippen molar-refractivity contribution >= 4 is 17.3 Å². The first-order chi connectivity index (χ1) is 16.5. The fraction of sp³-hybridized carbons (Fsp3) is 0.250. The lowest BCUT2D eigenvalue weighted by molar-refractivity contribution is 0.307. The van der Waals surface area contributed by atoms with Crippen LogP contribution in [-0.2, 0) is 6.54 Å². The van der Waals surface area contributed by atoms with Crippen LogP contribution in [0.1, 0.15) is 51.5 Å². The number of para-hydroxylation sites is 1. The van der Waals surface area contributed by atoms with Crippen LogP contribution in [-0.4, -0.2) is 24.5 Å². The highest BCUT2D eigenvalue weighted by Gasteiger charge is 2.41. The molecule has 6 heteroatoms. The van der Waals surface area contributed by atoms with Gasteiger partial charge >= 0.3 is 0 Å². The maximum Gasteiger partial charge on any atom is 0.170 e. The van der Waals surface area contributed by atoms with E-state index in [1.54, 1.807) is 0 Å². The molecule has 0 saturated carbocycles. The minimum atomic E-state index is -0.0515. The van der Waals surface area contributed by atoms with Crippen molar-refractivity contribution in [3.05, 3.63) is 113 Å². The number of pyridine rings is 2.